The minimum Gasteiger partial charge on any atom is -0.481 e. The number of alkyl halides is 1. The van der Waals surface area contributed by atoms with E-state index < -0.39 is 17.6 Å². The van der Waals surface area contributed by atoms with Gasteiger partial charge < -0.3 is 5.11 Å². The summed E-state index contributed by atoms with van der Waals surface area (Å²) in [5, 5.41) is 8.34. The number of rotatable bonds is 3. The average Bonchev–Trinajstić information content (AvgIpc) is 2.42. The predicted octanol–water partition coefficient (Wildman–Crippen LogP) is 1.12. The smallest absolute Gasteiger partial charge is 0.304 e. The summed E-state index contributed by atoms with van der Waals surface area (Å²) < 4.78 is 12.5. The molecule has 0 unspecified atom stereocenters. The lowest BCUT2D eigenvalue weighted by atomic mass is 10.1. The van der Waals surface area contributed by atoms with Crippen molar-refractivity contribution in [2.24, 2.45) is 5.41 Å². The molecule has 2 atom stereocenters. The Morgan fingerprint density at radius 3 is 2.50 bits per heavy atom. The van der Waals surface area contributed by atoms with E-state index in [1.165, 1.54) is 0 Å². The molecule has 2 nitrogen and oxygen atoms in total. The first kappa shape index (κ1) is 7.85. The number of carboxylic acids is 1. The molecule has 0 radical (unpaired) electrons. The zero-order valence-electron chi connectivity index (χ0n) is 5.38. The molecular weight excluding hydrogens is 155 g/mol. The van der Waals surface area contributed by atoms with Crippen LogP contribution in [0.2, 0.25) is 0 Å². The molecule has 0 aliphatic heterocycles. The van der Waals surface area contributed by atoms with Gasteiger partial charge in [0.25, 0.3) is 0 Å². The standard InChI is InChI=1S/C6H9FO2S/c7-4-1-6(4,3-10)2-5(8)9/h4,10H,1-3H2,(H,8,9)/t4-,6-/m1/s1. The lowest BCUT2D eigenvalue weighted by Crippen LogP contribution is -2.13. The monoisotopic (exact) mass is 164 g/mol. The van der Waals surface area contributed by atoms with Crippen molar-refractivity contribution in [3.63, 3.8) is 0 Å². The Hall–Kier alpha value is -0.250. The van der Waals surface area contributed by atoms with Gasteiger partial charge in [0.2, 0.25) is 0 Å². The third-order valence-corrected chi connectivity index (χ3v) is 2.54. The van der Waals surface area contributed by atoms with E-state index >= 15 is 0 Å². The van der Waals surface area contributed by atoms with Crippen LogP contribution in [0.1, 0.15) is 12.8 Å². The van der Waals surface area contributed by atoms with E-state index in [1.807, 2.05) is 0 Å². The van der Waals surface area contributed by atoms with Crippen LogP contribution in [-0.4, -0.2) is 23.0 Å². The number of hydrogen-bond acceptors (Lipinski definition) is 2. The maximum atomic E-state index is 12.5. The highest BCUT2D eigenvalue weighted by Crippen LogP contribution is 2.52. The molecule has 1 rings (SSSR count). The summed E-state index contributed by atoms with van der Waals surface area (Å²) in [7, 11) is 0. The minimum atomic E-state index is -0.943. The summed E-state index contributed by atoms with van der Waals surface area (Å²) >= 11 is 3.89. The van der Waals surface area contributed by atoms with Gasteiger partial charge in [-0.15, -0.1) is 0 Å². The average molecular weight is 164 g/mol. The highest BCUT2D eigenvalue weighted by atomic mass is 32.1. The van der Waals surface area contributed by atoms with Gasteiger partial charge in [0.15, 0.2) is 0 Å². The SMILES string of the molecule is O=C(O)C[C@@]1(CS)C[C@H]1F. The molecule has 1 aliphatic rings. The van der Waals surface area contributed by atoms with Crippen LogP contribution in [0.5, 0.6) is 0 Å². The third kappa shape index (κ3) is 1.26. The predicted molar refractivity (Wildman–Crippen MR) is 38.1 cm³/mol. The highest BCUT2D eigenvalue weighted by Gasteiger charge is 2.55. The molecule has 10 heavy (non-hydrogen) atoms. The second-order valence-electron chi connectivity index (χ2n) is 2.76. The van der Waals surface area contributed by atoms with Crippen LogP contribution in [0.25, 0.3) is 0 Å². The van der Waals surface area contributed by atoms with Crippen LogP contribution in [-0.2, 0) is 4.79 Å². The lowest BCUT2D eigenvalue weighted by Gasteiger charge is -2.06. The topological polar surface area (TPSA) is 37.3 Å². The molecule has 0 aromatic rings. The molecule has 4 heteroatoms. The van der Waals surface area contributed by atoms with Crippen molar-refractivity contribution in [3.8, 4) is 0 Å². The van der Waals surface area contributed by atoms with E-state index in [4.69, 9.17) is 5.11 Å². The van der Waals surface area contributed by atoms with E-state index in [0.29, 0.717) is 12.2 Å². The summed E-state index contributed by atoms with van der Waals surface area (Å²) in [6.07, 6.45) is -0.665. The third-order valence-electron chi connectivity index (χ3n) is 1.91. The fourth-order valence-corrected chi connectivity index (χ4v) is 1.44. The van der Waals surface area contributed by atoms with E-state index in [0.717, 1.165) is 0 Å². The summed E-state index contributed by atoms with van der Waals surface area (Å²) in [5.74, 6) is -0.602. The number of halogens is 1. The molecule has 1 saturated carbocycles. The van der Waals surface area contributed by atoms with E-state index in [9.17, 15) is 9.18 Å². The Bertz CT molecular complexity index is 158. The van der Waals surface area contributed by atoms with Crippen LogP contribution >= 0.6 is 12.6 Å². The van der Waals surface area contributed by atoms with Crippen molar-refractivity contribution in [1.82, 2.24) is 0 Å². The van der Waals surface area contributed by atoms with Crippen molar-refractivity contribution in [2.45, 2.75) is 19.0 Å². The Labute approximate surface area is 63.8 Å². The normalized spacial score (nSPS) is 37.6. The second-order valence-corrected chi connectivity index (χ2v) is 3.08. The van der Waals surface area contributed by atoms with Gasteiger partial charge in [-0.3, -0.25) is 4.79 Å². The van der Waals surface area contributed by atoms with E-state index in [-0.39, 0.29) is 6.42 Å². The van der Waals surface area contributed by atoms with Crippen molar-refractivity contribution in [3.05, 3.63) is 0 Å². The van der Waals surface area contributed by atoms with Crippen LogP contribution < -0.4 is 0 Å². The molecule has 1 N–H and O–H groups in total. The van der Waals surface area contributed by atoms with Gasteiger partial charge in [-0.2, -0.15) is 12.6 Å². The maximum Gasteiger partial charge on any atom is 0.304 e. The zero-order valence-corrected chi connectivity index (χ0v) is 6.27. The van der Waals surface area contributed by atoms with Crippen molar-refractivity contribution in [1.29, 1.82) is 0 Å². The fraction of sp³-hybridized carbons (Fsp3) is 0.833. The molecule has 0 amide bonds. The van der Waals surface area contributed by atoms with Crippen LogP contribution in [0.3, 0.4) is 0 Å². The van der Waals surface area contributed by atoms with Crippen molar-refractivity contribution >= 4 is 18.6 Å². The van der Waals surface area contributed by atoms with Gasteiger partial charge in [-0.25, -0.2) is 4.39 Å². The number of thiol groups is 1. The van der Waals surface area contributed by atoms with Gasteiger partial charge >= 0.3 is 5.97 Å². The molecule has 0 aromatic carbocycles. The Kier molecular flexibility index (Phi) is 1.90. The molecular formula is C6H9FO2S. The molecule has 1 fully saturated rings. The first-order valence-electron chi connectivity index (χ1n) is 3.07. The number of carboxylic acid groups (broad SMARTS) is 1. The van der Waals surface area contributed by atoms with Gasteiger partial charge in [-0.1, -0.05) is 0 Å². The zero-order chi connectivity index (χ0) is 7.78. The molecule has 0 heterocycles. The summed E-state index contributed by atoms with van der Waals surface area (Å²) in [6, 6.07) is 0. The number of aliphatic carboxylic acids is 1. The summed E-state index contributed by atoms with van der Waals surface area (Å²) in [5.41, 5.74) is -0.630. The van der Waals surface area contributed by atoms with Gasteiger partial charge in [-0.05, 0) is 12.2 Å². The Morgan fingerprint density at radius 1 is 1.90 bits per heavy atom. The van der Waals surface area contributed by atoms with Crippen LogP contribution in [0, 0.1) is 5.41 Å². The lowest BCUT2D eigenvalue weighted by molar-refractivity contribution is -0.138. The Morgan fingerprint density at radius 2 is 2.40 bits per heavy atom. The molecule has 0 saturated heterocycles. The van der Waals surface area contributed by atoms with E-state index in [1.54, 1.807) is 0 Å². The van der Waals surface area contributed by atoms with Crippen molar-refractivity contribution in [2.75, 3.05) is 5.75 Å². The van der Waals surface area contributed by atoms with Gasteiger partial charge in [0.05, 0.1) is 6.42 Å². The summed E-state index contributed by atoms with van der Waals surface area (Å²) in [4.78, 5) is 10.2. The largest absolute Gasteiger partial charge is 0.481 e. The van der Waals surface area contributed by atoms with E-state index in [2.05, 4.69) is 12.6 Å². The second kappa shape index (κ2) is 2.42. The van der Waals surface area contributed by atoms with Gasteiger partial charge in [0.1, 0.15) is 6.17 Å². The first-order chi connectivity index (χ1) is 4.60. The van der Waals surface area contributed by atoms with Gasteiger partial charge in [0, 0.05) is 5.41 Å². The Balaban J connectivity index is 2.45. The van der Waals surface area contributed by atoms with Crippen LogP contribution in [0.4, 0.5) is 4.39 Å². The minimum absolute atomic E-state index is 0.0856. The molecule has 1 aliphatic carbocycles. The highest BCUT2D eigenvalue weighted by molar-refractivity contribution is 7.80. The first-order valence-corrected chi connectivity index (χ1v) is 3.71. The molecule has 0 spiro atoms. The molecule has 0 aromatic heterocycles. The molecule has 0 bridgehead atoms. The molecule has 58 valence electrons. The van der Waals surface area contributed by atoms with Crippen molar-refractivity contribution < 1.29 is 14.3 Å². The quantitative estimate of drug-likeness (QED) is 0.613. The number of carbonyl (C=O) groups is 1. The fourth-order valence-electron chi connectivity index (χ4n) is 1.00. The number of hydrogen-bond donors (Lipinski definition) is 2. The maximum absolute atomic E-state index is 12.5. The van der Waals surface area contributed by atoms with Crippen LogP contribution in [0.15, 0.2) is 0 Å². The summed E-state index contributed by atoms with van der Waals surface area (Å²) in [6.45, 7) is 0.